The van der Waals surface area contributed by atoms with Crippen molar-refractivity contribution in [2.75, 3.05) is 32.5 Å². The lowest BCUT2D eigenvalue weighted by molar-refractivity contribution is -0.114. The summed E-state index contributed by atoms with van der Waals surface area (Å²) in [4.78, 5) is 25.0. The Morgan fingerprint density at radius 1 is 1.21 bits per heavy atom. The zero-order valence-corrected chi connectivity index (χ0v) is 12.2. The Hall–Kier alpha value is -1.59. The molecule has 0 aliphatic carbocycles. The lowest BCUT2D eigenvalue weighted by atomic mass is 10.1. The minimum atomic E-state index is -0.191. The predicted molar refractivity (Wildman–Crippen MR) is 78.9 cm³/mol. The van der Waals surface area contributed by atoms with E-state index < -0.39 is 0 Å². The zero-order valence-electron chi connectivity index (χ0n) is 11.4. The van der Waals surface area contributed by atoms with Crippen molar-refractivity contribution in [3.8, 4) is 0 Å². The van der Waals surface area contributed by atoms with Gasteiger partial charge in [-0.1, -0.05) is 12.1 Å². The van der Waals surface area contributed by atoms with Crippen LogP contribution in [-0.2, 0) is 4.79 Å². The molecule has 0 radical (unpaired) electrons. The SMILES string of the molecule is CC(=O)Nc1ccccc1C(=O)NCCN(C)C.Cl. The summed E-state index contributed by atoms with van der Waals surface area (Å²) in [5, 5.41) is 5.46. The third-order valence-electron chi connectivity index (χ3n) is 2.33. The van der Waals surface area contributed by atoms with Crippen molar-refractivity contribution in [3.05, 3.63) is 29.8 Å². The van der Waals surface area contributed by atoms with E-state index in [1.54, 1.807) is 24.3 Å². The van der Waals surface area contributed by atoms with Crippen molar-refractivity contribution in [1.82, 2.24) is 10.2 Å². The number of halogens is 1. The van der Waals surface area contributed by atoms with Crippen LogP contribution in [0.3, 0.4) is 0 Å². The van der Waals surface area contributed by atoms with E-state index >= 15 is 0 Å². The number of para-hydroxylation sites is 1. The molecule has 0 unspecified atom stereocenters. The molecule has 2 amide bonds. The van der Waals surface area contributed by atoms with Crippen LogP contribution in [0.4, 0.5) is 5.69 Å². The first kappa shape index (κ1) is 17.4. The summed E-state index contributed by atoms with van der Waals surface area (Å²) in [6.07, 6.45) is 0. The second-order valence-electron chi connectivity index (χ2n) is 4.29. The highest BCUT2D eigenvalue weighted by molar-refractivity contribution is 6.03. The van der Waals surface area contributed by atoms with Gasteiger partial charge in [0.05, 0.1) is 11.3 Å². The molecule has 0 spiro atoms. The Bertz CT molecular complexity index is 436. The second-order valence-corrected chi connectivity index (χ2v) is 4.29. The molecule has 19 heavy (non-hydrogen) atoms. The number of likely N-dealkylation sites (N-methyl/N-ethyl adjacent to an activating group) is 1. The molecule has 1 aromatic carbocycles. The number of rotatable bonds is 5. The number of carbonyl (C=O) groups is 2. The maximum atomic E-state index is 11.9. The normalized spacial score (nSPS) is 9.68. The number of nitrogens with one attached hydrogen (secondary N) is 2. The van der Waals surface area contributed by atoms with Gasteiger partial charge in [0.1, 0.15) is 0 Å². The molecular weight excluding hydrogens is 266 g/mol. The molecule has 0 saturated heterocycles. The van der Waals surface area contributed by atoms with Crippen LogP contribution in [0.25, 0.3) is 0 Å². The molecule has 106 valence electrons. The van der Waals surface area contributed by atoms with Crippen LogP contribution in [0.1, 0.15) is 17.3 Å². The van der Waals surface area contributed by atoms with Crippen molar-refractivity contribution in [2.45, 2.75) is 6.92 Å². The number of benzene rings is 1. The Kier molecular flexibility index (Phi) is 7.79. The quantitative estimate of drug-likeness (QED) is 0.859. The summed E-state index contributed by atoms with van der Waals surface area (Å²) in [5.41, 5.74) is 1.01. The summed E-state index contributed by atoms with van der Waals surface area (Å²) in [7, 11) is 3.88. The van der Waals surface area contributed by atoms with Crippen LogP contribution in [0.5, 0.6) is 0 Å². The number of hydrogen-bond donors (Lipinski definition) is 2. The van der Waals surface area contributed by atoms with E-state index in [2.05, 4.69) is 10.6 Å². The van der Waals surface area contributed by atoms with Gasteiger partial charge in [-0.25, -0.2) is 0 Å². The molecule has 0 atom stereocenters. The molecule has 6 heteroatoms. The number of hydrogen-bond acceptors (Lipinski definition) is 3. The summed E-state index contributed by atoms with van der Waals surface area (Å²) >= 11 is 0. The standard InChI is InChI=1S/C13H19N3O2.ClH/c1-10(17)15-12-7-5-4-6-11(12)13(18)14-8-9-16(2)3;/h4-7H,8-9H2,1-3H3,(H,14,18)(H,15,17);1H. The van der Waals surface area contributed by atoms with Crippen molar-refractivity contribution in [2.24, 2.45) is 0 Å². The maximum absolute atomic E-state index is 11.9. The third-order valence-corrected chi connectivity index (χ3v) is 2.33. The average molecular weight is 286 g/mol. The summed E-state index contributed by atoms with van der Waals surface area (Å²) < 4.78 is 0. The highest BCUT2D eigenvalue weighted by Gasteiger charge is 2.10. The van der Waals surface area contributed by atoms with E-state index in [9.17, 15) is 9.59 Å². The van der Waals surface area contributed by atoms with Gasteiger partial charge in [-0.05, 0) is 26.2 Å². The van der Waals surface area contributed by atoms with Gasteiger partial charge in [0.15, 0.2) is 0 Å². The van der Waals surface area contributed by atoms with Crippen molar-refractivity contribution in [1.29, 1.82) is 0 Å². The van der Waals surface area contributed by atoms with Crippen molar-refractivity contribution in [3.63, 3.8) is 0 Å². The lowest BCUT2D eigenvalue weighted by Gasteiger charge is -2.12. The molecule has 2 N–H and O–H groups in total. The first-order valence-corrected chi connectivity index (χ1v) is 5.80. The molecule has 1 rings (SSSR count). The Morgan fingerprint density at radius 2 is 1.84 bits per heavy atom. The van der Waals surface area contributed by atoms with Crippen molar-refractivity contribution < 1.29 is 9.59 Å². The number of anilines is 1. The van der Waals surface area contributed by atoms with Crippen LogP contribution in [-0.4, -0.2) is 43.9 Å². The smallest absolute Gasteiger partial charge is 0.253 e. The molecule has 0 aliphatic heterocycles. The molecule has 0 heterocycles. The van der Waals surface area contributed by atoms with E-state index in [4.69, 9.17) is 0 Å². The first-order chi connectivity index (χ1) is 8.50. The summed E-state index contributed by atoms with van der Waals surface area (Å²) in [6.45, 7) is 2.76. The highest BCUT2D eigenvalue weighted by atomic mass is 35.5. The average Bonchev–Trinajstić information content (AvgIpc) is 2.28. The Morgan fingerprint density at radius 3 is 2.42 bits per heavy atom. The van der Waals surface area contributed by atoms with Gasteiger partial charge in [0.2, 0.25) is 5.91 Å². The highest BCUT2D eigenvalue weighted by Crippen LogP contribution is 2.14. The Labute approximate surface area is 119 Å². The molecule has 0 saturated carbocycles. The molecule has 0 bridgehead atoms. The van der Waals surface area contributed by atoms with Gasteiger partial charge in [-0.2, -0.15) is 0 Å². The van der Waals surface area contributed by atoms with Crippen LogP contribution in [0.2, 0.25) is 0 Å². The fourth-order valence-electron chi connectivity index (χ4n) is 1.47. The van der Waals surface area contributed by atoms with Crippen LogP contribution in [0.15, 0.2) is 24.3 Å². The number of nitrogens with zero attached hydrogens (tertiary/aromatic N) is 1. The van der Waals surface area contributed by atoms with Crippen molar-refractivity contribution >= 4 is 29.9 Å². The van der Waals surface area contributed by atoms with E-state index in [1.165, 1.54) is 6.92 Å². The van der Waals surface area contributed by atoms with Crippen LogP contribution >= 0.6 is 12.4 Å². The minimum absolute atomic E-state index is 0. The number of carbonyl (C=O) groups excluding carboxylic acids is 2. The molecule has 0 fully saturated rings. The predicted octanol–water partition coefficient (Wildman–Crippen LogP) is 1.36. The topological polar surface area (TPSA) is 61.4 Å². The van der Waals surface area contributed by atoms with E-state index in [1.807, 2.05) is 19.0 Å². The summed E-state index contributed by atoms with van der Waals surface area (Å²) in [5.74, 6) is -0.371. The molecule has 5 nitrogen and oxygen atoms in total. The zero-order chi connectivity index (χ0) is 13.5. The van der Waals surface area contributed by atoms with E-state index in [-0.39, 0.29) is 24.2 Å². The van der Waals surface area contributed by atoms with Gasteiger partial charge in [0, 0.05) is 20.0 Å². The lowest BCUT2D eigenvalue weighted by Crippen LogP contribution is -2.31. The summed E-state index contributed by atoms with van der Waals surface area (Å²) in [6, 6.07) is 6.95. The van der Waals surface area contributed by atoms with Gasteiger partial charge < -0.3 is 15.5 Å². The van der Waals surface area contributed by atoms with E-state index in [0.717, 1.165) is 6.54 Å². The number of amides is 2. The molecular formula is C13H20ClN3O2. The molecule has 1 aromatic rings. The minimum Gasteiger partial charge on any atom is -0.351 e. The Balaban J connectivity index is 0.00000324. The van der Waals surface area contributed by atoms with Gasteiger partial charge >= 0.3 is 0 Å². The van der Waals surface area contributed by atoms with Crippen LogP contribution < -0.4 is 10.6 Å². The fraction of sp³-hybridized carbons (Fsp3) is 0.385. The third kappa shape index (κ3) is 6.22. The fourth-order valence-corrected chi connectivity index (χ4v) is 1.47. The maximum Gasteiger partial charge on any atom is 0.253 e. The van der Waals surface area contributed by atoms with Crippen LogP contribution in [0, 0.1) is 0 Å². The largest absolute Gasteiger partial charge is 0.351 e. The first-order valence-electron chi connectivity index (χ1n) is 5.80. The van der Waals surface area contributed by atoms with Gasteiger partial charge in [-0.15, -0.1) is 12.4 Å². The molecule has 0 aliphatic rings. The van der Waals surface area contributed by atoms with Gasteiger partial charge in [0.25, 0.3) is 5.91 Å². The van der Waals surface area contributed by atoms with E-state index in [0.29, 0.717) is 17.8 Å². The monoisotopic (exact) mass is 285 g/mol. The molecule has 0 aromatic heterocycles. The second kappa shape index (κ2) is 8.50. The van der Waals surface area contributed by atoms with Gasteiger partial charge in [-0.3, -0.25) is 9.59 Å².